The van der Waals surface area contributed by atoms with Crippen molar-refractivity contribution in [2.24, 2.45) is 0 Å². The molecule has 0 fully saturated rings. The van der Waals surface area contributed by atoms with Crippen LogP contribution >= 0.6 is 0 Å². The van der Waals surface area contributed by atoms with E-state index in [2.05, 4.69) is 46.1 Å². The molecule has 0 aliphatic rings. The summed E-state index contributed by atoms with van der Waals surface area (Å²) in [5, 5.41) is 0. The van der Waals surface area contributed by atoms with Crippen LogP contribution in [-0.4, -0.2) is 60.6 Å². The Morgan fingerprint density at radius 2 is 1.65 bits per heavy atom. The Morgan fingerprint density at radius 3 is 2.12 bits per heavy atom. The summed E-state index contributed by atoms with van der Waals surface area (Å²) in [4.78, 5) is 14.4. The van der Waals surface area contributed by atoms with Crippen molar-refractivity contribution in [2.45, 2.75) is 91.2 Å². The summed E-state index contributed by atoms with van der Waals surface area (Å²) in [6, 6.07) is 3.95. The van der Waals surface area contributed by atoms with Crippen LogP contribution in [0.3, 0.4) is 0 Å². The molecule has 7 heteroatoms. The second kappa shape index (κ2) is 13.0. The second-order valence-electron chi connectivity index (χ2n) is 7.46. The first-order valence-corrected chi connectivity index (χ1v) is 15.5. The van der Waals surface area contributed by atoms with Crippen molar-refractivity contribution in [3.63, 3.8) is 0 Å². The average molecular weight is 406 g/mol. The van der Waals surface area contributed by atoms with E-state index in [0.717, 1.165) is 43.6 Å². The predicted molar refractivity (Wildman–Crippen MR) is 114 cm³/mol. The van der Waals surface area contributed by atoms with E-state index in [4.69, 9.17) is 13.3 Å². The fourth-order valence-corrected chi connectivity index (χ4v) is 8.43. The number of likely N-dealkylation sites (N-methyl/N-ethyl adjacent to an activating group) is 1. The topological polar surface area (TPSA) is 48.0 Å². The minimum atomic E-state index is -2.13. The molecule has 5 nitrogen and oxygen atoms in total. The van der Waals surface area contributed by atoms with Gasteiger partial charge in [0.1, 0.15) is 0 Å². The second-order valence-corrected chi connectivity index (χ2v) is 15.4. The zero-order valence-corrected chi connectivity index (χ0v) is 20.5. The Hall–Kier alpha value is -0.216. The van der Waals surface area contributed by atoms with Gasteiger partial charge in [-0.2, -0.15) is 0 Å². The van der Waals surface area contributed by atoms with Gasteiger partial charge in [-0.1, -0.05) is 27.7 Å². The molecule has 0 spiro atoms. The zero-order valence-electron chi connectivity index (χ0n) is 18.5. The molecule has 0 saturated heterocycles. The van der Waals surface area contributed by atoms with Gasteiger partial charge in [-0.05, 0) is 71.0 Å². The van der Waals surface area contributed by atoms with Gasteiger partial charge in [0, 0.05) is 12.7 Å². The highest BCUT2D eigenvalue weighted by Gasteiger charge is 2.34. The van der Waals surface area contributed by atoms with Crippen molar-refractivity contribution in [3.05, 3.63) is 0 Å². The first-order valence-electron chi connectivity index (χ1n) is 10.4. The molecule has 0 aromatic heterocycles. The van der Waals surface area contributed by atoms with Crippen molar-refractivity contribution in [1.82, 2.24) is 4.90 Å². The summed E-state index contributed by atoms with van der Waals surface area (Å²) < 4.78 is 18.1. The fourth-order valence-electron chi connectivity index (χ4n) is 3.19. The number of hydrogen-bond donors (Lipinski definition) is 0. The van der Waals surface area contributed by atoms with E-state index >= 15 is 0 Å². The molecule has 156 valence electrons. The molecule has 0 aliphatic carbocycles. The Morgan fingerprint density at radius 1 is 1.08 bits per heavy atom. The third-order valence-electron chi connectivity index (χ3n) is 5.31. The van der Waals surface area contributed by atoms with Crippen LogP contribution in [0.25, 0.3) is 0 Å². The molecule has 0 aromatic carbocycles. The number of nitrogens with zero attached hydrogens (tertiary/aromatic N) is 1. The zero-order chi connectivity index (χ0) is 20.2. The van der Waals surface area contributed by atoms with Crippen LogP contribution in [0, 0.1) is 0 Å². The lowest BCUT2D eigenvalue weighted by Gasteiger charge is -2.31. The van der Waals surface area contributed by atoms with Crippen molar-refractivity contribution in [3.8, 4) is 0 Å². The van der Waals surface area contributed by atoms with Gasteiger partial charge < -0.3 is 13.3 Å². The molecule has 0 rings (SSSR count). The average Bonchev–Trinajstić information content (AvgIpc) is 2.59. The standard InChI is InChI=1S/C19H43NO4Si2/c1-9-18(6)23-25(8,22-10-2)16-14-15-20(7)17-19(21)24-26(11-3,12-4)13-5/h18H,9-17H2,1-8H3. The largest absolute Gasteiger partial charge is 0.518 e. The van der Waals surface area contributed by atoms with Crippen molar-refractivity contribution >= 4 is 22.8 Å². The molecule has 2 unspecified atom stereocenters. The van der Waals surface area contributed by atoms with E-state index in [1.54, 1.807) is 0 Å². The van der Waals surface area contributed by atoms with E-state index < -0.39 is 16.9 Å². The molecule has 0 amide bonds. The Balaban J connectivity index is 4.42. The fraction of sp³-hybridized carbons (Fsp3) is 0.947. The lowest BCUT2D eigenvalue weighted by Crippen LogP contribution is -2.43. The highest BCUT2D eigenvalue weighted by Crippen LogP contribution is 2.22. The minimum Gasteiger partial charge on any atom is -0.518 e. The highest BCUT2D eigenvalue weighted by atomic mass is 28.4. The van der Waals surface area contributed by atoms with Gasteiger partial charge in [0.15, 0.2) is 0 Å². The van der Waals surface area contributed by atoms with E-state index in [9.17, 15) is 4.79 Å². The maximum atomic E-state index is 12.3. The van der Waals surface area contributed by atoms with Crippen molar-refractivity contribution in [2.75, 3.05) is 26.7 Å². The minimum absolute atomic E-state index is 0.0645. The third kappa shape index (κ3) is 9.64. The van der Waals surface area contributed by atoms with Crippen LogP contribution in [0.4, 0.5) is 0 Å². The van der Waals surface area contributed by atoms with Gasteiger partial charge >= 0.3 is 14.5 Å². The monoisotopic (exact) mass is 405 g/mol. The quantitative estimate of drug-likeness (QED) is 0.367. The first kappa shape index (κ1) is 25.8. The summed E-state index contributed by atoms with van der Waals surface area (Å²) in [7, 11) is -1.99. The van der Waals surface area contributed by atoms with E-state index in [-0.39, 0.29) is 12.1 Å². The van der Waals surface area contributed by atoms with Gasteiger partial charge in [0.2, 0.25) is 0 Å². The van der Waals surface area contributed by atoms with Gasteiger partial charge in [-0.25, -0.2) is 0 Å². The lowest BCUT2D eigenvalue weighted by molar-refractivity contribution is -0.136. The maximum absolute atomic E-state index is 12.3. The number of hydrogen-bond acceptors (Lipinski definition) is 5. The molecule has 0 saturated carbocycles. The highest BCUT2D eigenvalue weighted by molar-refractivity contribution is 6.74. The maximum Gasteiger partial charge on any atom is 0.335 e. The van der Waals surface area contributed by atoms with Crippen LogP contribution in [0.2, 0.25) is 30.7 Å². The molecule has 0 N–H and O–H groups in total. The van der Waals surface area contributed by atoms with Gasteiger partial charge in [-0.3, -0.25) is 9.69 Å². The van der Waals surface area contributed by atoms with Crippen LogP contribution in [0.15, 0.2) is 0 Å². The molecule has 0 bridgehead atoms. The van der Waals surface area contributed by atoms with Gasteiger partial charge in [0.25, 0.3) is 8.32 Å². The Labute approximate surface area is 164 Å². The number of rotatable bonds is 15. The number of carbonyl (C=O) groups is 1. The molecule has 0 heterocycles. The van der Waals surface area contributed by atoms with Crippen molar-refractivity contribution < 1.29 is 18.1 Å². The van der Waals surface area contributed by atoms with Crippen LogP contribution in [0.1, 0.15) is 54.4 Å². The lowest BCUT2D eigenvalue weighted by atomic mass is 10.3. The molecule has 0 aliphatic heterocycles. The summed E-state index contributed by atoms with van der Waals surface area (Å²) in [6.07, 6.45) is 2.21. The van der Waals surface area contributed by atoms with E-state index in [1.807, 2.05) is 14.0 Å². The Kier molecular flexibility index (Phi) is 12.9. The molecule has 0 aromatic rings. The molecule has 0 radical (unpaired) electrons. The summed E-state index contributed by atoms with van der Waals surface area (Å²) in [5.74, 6) is -0.0645. The summed E-state index contributed by atoms with van der Waals surface area (Å²) in [6.45, 7) is 16.8. The predicted octanol–water partition coefficient (Wildman–Crippen LogP) is 4.78. The normalized spacial score (nSPS) is 15.7. The first-order chi connectivity index (χ1) is 12.2. The van der Waals surface area contributed by atoms with Crippen LogP contribution in [-0.2, 0) is 18.1 Å². The van der Waals surface area contributed by atoms with Crippen LogP contribution < -0.4 is 0 Å². The molecular formula is C19H43NO4Si2. The van der Waals surface area contributed by atoms with Crippen LogP contribution in [0.5, 0.6) is 0 Å². The molecular weight excluding hydrogens is 362 g/mol. The van der Waals surface area contributed by atoms with E-state index in [0.29, 0.717) is 13.2 Å². The number of carbonyl (C=O) groups excluding carboxylic acids is 1. The third-order valence-corrected chi connectivity index (χ3v) is 12.9. The van der Waals surface area contributed by atoms with Crippen molar-refractivity contribution in [1.29, 1.82) is 0 Å². The summed E-state index contributed by atoms with van der Waals surface area (Å²) >= 11 is 0. The molecule has 26 heavy (non-hydrogen) atoms. The molecule has 2 atom stereocenters. The smallest absolute Gasteiger partial charge is 0.335 e. The van der Waals surface area contributed by atoms with Gasteiger partial charge in [0.05, 0.1) is 6.54 Å². The Bertz CT molecular complexity index is 385. The SMILES string of the molecule is CCO[Si](C)(CCCN(C)CC(=O)O[Si](CC)(CC)CC)OC(C)CC. The summed E-state index contributed by atoms with van der Waals surface area (Å²) in [5.41, 5.74) is 0. The van der Waals surface area contributed by atoms with Gasteiger partial charge in [-0.15, -0.1) is 0 Å². The van der Waals surface area contributed by atoms with E-state index in [1.165, 1.54) is 0 Å².